The number of anilines is 1. The van der Waals surface area contributed by atoms with Crippen LogP contribution in [0.15, 0.2) is 29.2 Å². The van der Waals surface area contributed by atoms with Crippen molar-refractivity contribution in [1.29, 1.82) is 0 Å². The lowest BCUT2D eigenvalue weighted by atomic mass is 10.2. The number of sulfonamides is 1. The van der Waals surface area contributed by atoms with E-state index in [9.17, 15) is 18.5 Å². The molecule has 2 heterocycles. The molecule has 142 valence electrons. The van der Waals surface area contributed by atoms with Gasteiger partial charge in [-0.2, -0.15) is 0 Å². The molecule has 0 amide bonds. The molecule has 0 spiro atoms. The number of rotatable bonds is 6. The molecule has 0 aliphatic carbocycles. The van der Waals surface area contributed by atoms with Crippen molar-refractivity contribution in [2.75, 3.05) is 12.4 Å². The number of nitro benzene ring substituents is 1. The smallest absolute Gasteiger partial charge is 0.293 e. The number of nitrogens with zero attached hydrogens (tertiary/aromatic N) is 5. The summed E-state index contributed by atoms with van der Waals surface area (Å²) in [6.07, 6.45) is 0. The van der Waals surface area contributed by atoms with Crippen LogP contribution in [0.1, 0.15) is 17.2 Å². The summed E-state index contributed by atoms with van der Waals surface area (Å²) >= 11 is 0. The normalized spacial score (nSPS) is 11.7. The molecule has 3 rings (SSSR count). The molecule has 27 heavy (non-hydrogen) atoms. The molecule has 0 fully saturated rings. The Hall–Kier alpha value is -3.12. The molecule has 11 nitrogen and oxygen atoms in total. The molecule has 1 aromatic carbocycles. The summed E-state index contributed by atoms with van der Waals surface area (Å²) in [5, 5.41) is 22.4. The number of benzene rings is 1. The van der Waals surface area contributed by atoms with Crippen molar-refractivity contribution in [3.63, 3.8) is 0 Å². The number of hydrogen-bond donors (Lipinski definition) is 2. The van der Waals surface area contributed by atoms with E-state index in [2.05, 4.69) is 25.2 Å². The van der Waals surface area contributed by atoms with E-state index in [1.165, 1.54) is 19.2 Å². The first-order chi connectivity index (χ1) is 12.7. The van der Waals surface area contributed by atoms with E-state index in [-0.39, 0.29) is 22.8 Å². The van der Waals surface area contributed by atoms with Gasteiger partial charge >= 0.3 is 0 Å². The Morgan fingerprint density at radius 3 is 2.63 bits per heavy atom. The number of aromatic nitrogens is 4. The lowest BCUT2D eigenvalue weighted by molar-refractivity contribution is -0.384. The number of fused-ring (bicyclic) bond motifs is 1. The second kappa shape index (κ2) is 6.89. The fourth-order valence-electron chi connectivity index (χ4n) is 2.68. The molecule has 0 unspecified atom stereocenters. The largest absolute Gasteiger partial charge is 0.372 e. The predicted octanol–water partition coefficient (Wildman–Crippen LogP) is 1.17. The monoisotopic (exact) mass is 391 g/mol. The second-order valence-electron chi connectivity index (χ2n) is 5.79. The van der Waals surface area contributed by atoms with Gasteiger partial charge in [-0.1, -0.05) is 0 Å². The first-order valence-electron chi connectivity index (χ1n) is 7.87. The summed E-state index contributed by atoms with van der Waals surface area (Å²) < 4.78 is 27.6. The standard InChI is InChI=1S/C15H17N7O4S/c1-9-6-10(2)21-14(19-20-15(21)18-9)8-17-12-5-4-11(27(25,26)16-3)7-13(12)22(23)24/h4-7,16-17H,8H2,1-3H3. The van der Waals surface area contributed by atoms with Crippen LogP contribution in [0, 0.1) is 24.0 Å². The van der Waals surface area contributed by atoms with E-state index in [0.29, 0.717) is 11.6 Å². The highest BCUT2D eigenvalue weighted by atomic mass is 32.2. The minimum absolute atomic E-state index is 0.145. The fourth-order valence-corrected chi connectivity index (χ4v) is 3.43. The van der Waals surface area contributed by atoms with Gasteiger partial charge in [-0.05, 0) is 39.1 Å². The number of aryl methyl sites for hydroxylation is 2. The Balaban J connectivity index is 1.94. The molecule has 0 radical (unpaired) electrons. The maximum Gasteiger partial charge on any atom is 0.293 e. The fraction of sp³-hybridized carbons (Fsp3) is 0.267. The molecule has 2 aromatic heterocycles. The highest BCUT2D eigenvalue weighted by molar-refractivity contribution is 7.89. The molecular weight excluding hydrogens is 374 g/mol. The third kappa shape index (κ3) is 3.57. The minimum Gasteiger partial charge on any atom is -0.372 e. The first-order valence-corrected chi connectivity index (χ1v) is 9.35. The van der Waals surface area contributed by atoms with Gasteiger partial charge in [-0.25, -0.2) is 18.1 Å². The van der Waals surface area contributed by atoms with E-state index in [4.69, 9.17) is 0 Å². The summed E-state index contributed by atoms with van der Waals surface area (Å²) in [4.78, 5) is 14.8. The number of nitro groups is 1. The molecule has 0 saturated heterocycles. The average Bonchev–Trinajstić information content (AvgIpc) is 3.02. The minimum atomic E-state index is -3.78. The Labute approximate surface area is 154 Å². The molecule has 0 atom stereocenters. The van der Waals surface area contributed by atoms with Gasteiger partial charge in [0, 0.05) is 17.5 Å². The molecule has 2 N–H and O–H groups in total. The molecular formula is C15H17N7O4S. The van der Waals surface area contributed by atoms with E-state index in [0.717, 1.165) is 17.5 Å². The highest BCUT2D eigenvalue weighted by Crippen LogP contribution is 2.28. The number of nitrogens with one attached hydrogen (secondary N) is 2. The summed E-state index contributed by atoms with van der Waals surface area (Å²) in [6, 6.07) is 5.52. The van der Waals surface area contributed by atoms with Gasteiger partial charge in [-0.15, -0.1) is 10.2 Å². The maximum atomic E-state index is 11.9. The summed E-state index contributed by atoms with van der Waals surface area (Å²) in [5.41, 5.74) is 1.50. The van der Waals surface area contributed by atoms with E-state index in [1.54, 1.807) is 4.40 Å². The van der Waals surface area contributed by atoms with Crippen LogP contribution in [0.5, 0.6) is 0 Å². The SMILES string of the molecule is CNS(=O)(=O)c1ccc(NCc2nnc3nc(C)cc(C)n23)c([N+](=O)[O-])c1. The van der Waals surface area contributed by atoms with Gasteiger partial charge < -0.3 is 5.32 Å². The lowest BCUT2D eigenvalue weighted by Crippen LogP contribution is -2.18. The zero-order chi connectivity index (χ0) is 19.8. The van der Waals surface area contributed by atoms with Gasteiger partial charge in [0.05, 0.1) is 16.4 Å². The molecule has 12 heteroatoms. The maximum absolute atomic E-state index is 11.9. The van der Waals surface area contributed by atoms with Crippen LogP contribution in [0.3, 0.4) is 0 Å². The van der Waals surface area contributed by atoms with Crippen molar-refractivity contribution in [3.05, 3.63) is 51.6 Å². The Morgan fingerprint density at radius 2 is 1.96 bits per heavy atom. The summed E-state index contributed by atoms with van der Waals surface area (Å²) in [6.45, 7) is 3.88. The van der Waals surface area contributed by atoms with Crippen LogP contribution >= 0.6 is 0 Å². The number of hydrogen-bond acceptors (Lipinski definition) is 8. The van der Waals surface area contributed by atoms with Crippen molar-refractivity contribution in [2.45, 2.75) is 25.3 Å². The third-order valence-corrected chi connectivity index (χ3v) is 5.35. The molecule has 0 bridgehead atoms. The topological polar surface area (TPSA) is 144 Å². The van der Waals surface area contributed by atoms with Crippen molar-refractivity contribution in [3.8, 4) is 0 Å². The molecule has 0 aliphatic heterocycles. The van der Waals surface area contributed by atoms with E-state index in [1.807, 2.05) is 19.9 Å². The van der Waals surface area contributed by atoms with Crippen LogP contribution in [-0.2, 0) is 16.6 Å². The Kier molecular flexibility index (Phi) is 4.76. The summed E-state index contributed by atoms with van der Waals surface area (Å²) in [5.74, 6) is 0.963. The van der Waals surface area contributed by atoms with Crippen molar-refractivity contribution < 1.29 is 13.3 Å². The average molecular weight is 391 g/mol. The van der Waals surface area contributed by atoms with Crippen LogP contribution in [-0.4, -0.2) is 40.0 Å². The van der Waals surface area contributed by atoms with Gasteiger partial charge in [0.25, 0.3) is 11.5 Å². The quantitative estimate of drug-likeness (QED) is 0.470. The predicted molar refractivity (Wildman–Crippen MR) is 96.9 cm³/mol. The lowest BCUT2D eigenvalue weighted by Gasteiger charge is -2.09. The second-order valence-corrected chi connectivity index (χ2v) is 7.67. The summed E-state index contributed by atoms with van der Waals surface area (Å²) in [7, 11) is -2.55. The van der Waals surface area contributed by atoms with Gasteiger partial charge in [-0.3, -0.25) is 14.5 Å². The zero-order valence-electron chi connectivity index (χ0n) is 14.8. The van der Waals surface area contributed by atoms with Gasteiger partial charge in [0.15, 0.2) is 5.82 Å². The van der Waals surface area contributed by atoms with Crippen LogP contribution < -0.4 is 10.0 Å². The van der Waals surface area contributed by atoms with Crippen LogP contribution in [0.2, 0.25) is 0 Å². The molecule has 0 aliphatic rings. The van der Waals surface area contributed by atoms with Crippen LogP contribution in [0.25, 0.3) is 5.78 Å². The molecule has 0 saturated carbocycles. The van der Waals surface area contributed by atoms with Crippen molar-refractivity contribution >= 4 is 27.2 Å². The zero-order valence-corrected chi connectivity index (χ0v) is 15.6. The van der Waals surface area contributed by atoms with Crippen LogP contribution in [0.4, 0.5) is 11.4 Å². The van der Waals surface area contributed by atoms with Gasteiger partial charge in [0.1, 0.15) is 5.69 Å². The highest BCUT2D eigenvalue weighted by Gasteiger charge is 2.21. The van der Waals surface area contributed by atoms with Crippen molar-refractivity contribution in [1.82, 2.24) is 24.3 Å². The van der Waals surface area contributed by atoms with E-state index >= 15 is 0 Å². The van der Waals surface area contributed by atoms with E-state index < -0.39 is 14.9 Å². The third-order valence-electron chi connectivity index (χ3n) is 3.94. The van der Waals surface area contributed by atoms with Gasteiger partial charge in [0.2, 0.25) is 10.0 Å². The molecule has 3 aromatic rings. The Bertz CT molecular complexity index is 1140. The van der Waals surface area contributed by atoms with Crippen molar-refractivity contribution in [2.24, 2.45) is 0 Å². The first kappa shape index (κ1) is 18.7. The Morgan fingerprint density at radius 1 is 1.22 bits per heavy atom.